The summed E-state index contributed by atoms with van der Waals surface area (Å²) in [6, 6.07) is 8.03. The summed E-state index contributed by atoms with van der Waals surface area (Å²) in [7, 11) is 0. The van der Waals surface area contributed by atoms with Gasteiger partial charge in [0, 0.05) is 19.5 Å². The lowest BCUT2D eigenvalue weighted by Crippen LogP contribution is -2.37. The maximum atomic E-state index is 12.6. The highest BCUT2D eigenvalue weighted by Gasteiger charge is 2.35. The van der Waals surface area contributed by atoms with E-state index >= 15 is 0 Å². The molecule has 1 fully saturated rings. The average Bonchev–Trinajstić information content (AvgIpc) is 3.32. The molecule has 8 nitrogen and oxygen atoms in total. The second kappa shape index (κ2) is 7.85. The molecular weight excluding hydrogens is 342 g/mol. The molecule has 0 unspecified atom stereocenters. The first kappa shape index (κ1) is 17.6. The molecule has 1 saturated carbocycles. The Kier molecular flexibility index (Phi) is 5.13. The Balaban J connectivity index is 1.34. The molecule has 0 saturated heterocycles. The van der Waals surface area contributed by atoms with Crippen molar-refractivity contribution in [1.82, 2.24) is 35.1 Å². The number of nitrogens with zero attached hydrogens (tertiary/aromatic N) is 6. The largest absolute Gasteiger partial charge is 0.354 e. The molecule has 4 rings (SSSR count). The highest BCUT2D eigenvalue weighted by molar-refractivity contribution is 5.77. The zero-order valence-electron chi connectivity index (χ0n) is 15.4. The maximum absolute atomic E-state index is 12.6. The lowest BCUT2D eigenvalue weighted by Gasteiger charge is -2.36. The summed E-state index contributed by atoms with van der Waals surface area (Å²) in [6.45, 7) is 2.02. The predicted molar refractivity (Wildman–Crippen MR) is 101 cm³/mol. The molecule has 0 atom stereocenters. The first-order valence-electron chi connectivity index (χ1n) is 9.62. The van der Waals surface area contributed by atoms with Crippen LogP contribution in [0.1, 0.15) is 38.5 Å². The third kappa shape index (κ3) is 4.15. The van der Waals surface area contributed by atoms with Gasteiger partial charge in [-0.2, -0.15) is 0 Å². The number of carbonyl (C=O) groups excluding carboxylic acids is 1. The van der Waals surface area contributed by atoms with E-state index in [9.17, 15) is 4.79 Å². The van der Waals surface area contributed by atoms with E-state index in [4.69, 9.17) is 0 Å². The van der Waals surface area contributed by atoms with Crippen molar-refractivity contribution in [3.63, 3.8) is 0 Å². The molecule has 0 aliphatic heterocycles. The lowest BCUT2D eigenvalue weighted by molar-refractivity contribution is -0.124. The van der Waals surface area contributed by atoms with Crippen molar-refractivity contribution < 1.29 is 4.79 Å². The minimum Gasteiger partial charge on any atom is -0.354 e. The Bertz CT molecular complexity index is 881. The van der Waals surface area contributed by atoms with Gasteiger partial charge in [-0.3, -0.25) is 4.79 Å². The van der Waals surface area contributed by atoms with Crippen molar-refractivity contribution in [1.29, 1.82) is 0 Å². The summed E-state index contributed by atoms with van der Waals surface area (Å²) in [5.74, 6) is 0.106. The summed E-state index contributed by atoms with van der Waals surface area (Å²) in [5.41, 5.74) is 2.03. The topological polar surface area (TPSA) is 90.5 Å². The normalized spacial score (nSPS) is 16.4. The van der Waals surface area contributed by atoms with Crippen molar-refractivity contribution in [2.24, 2.45) is 5.41 Å². The summed E-state index contributed by atoms with van der Waals surface area (Å²) in [6.07, 6.45) is 9.66. The van der Waals surface area contributed by atoms with Gasteiger partial charge in [0.25, 0.3) is 0 Å². The summed E-state index contributed by atoms with van der Waals surface area (Å²) < 4.78 is 3.84. The number of fused-ring (bicyclic) bond motifs is 1. The highest BCUT2D eigenvalue weighted by atomic mass is 16.1. The van der Waals surface area contributed by atoms with E-state index in [1.807, 2.05) is 30.6 Å². The van der Waals surface area contributed by atoms with Crippen molar-refractivity contribution in [3.05, 3.63) is 36.9 Å². The van der Waals surface area contributed by atoms with E-state index in [0.29, 0.717) is 26.1 Å². The summed E-state index contributed by atoms with van der Waals surface area (Å²) in [5, 5.41) is 14.5. The maximum Gasteiger partial charge on any atom is 0.220 e. The first-order valence-corrected chi connectivity index (χ1v) is 9.62. The molecule has 1 amide bonds. The molecule has 1 aliphatic rings. The van der Waals surface area contributed by atoms with Crippen LogP contribution < -0.4 is 5.32 Å². The number of benzene rings is 1. The minimum atomic E-state index is -0.0422. The number of hydrogen-bond acceptors (Lipinski definition) is 5. The SMILES string of the molecule is O=C(CC1(Cn2cnnn2)CCCCC1)NCCn1cnc2ccccc21. The average molecular weight is 367 g/mol. The Morgan fingerprint density at radius 1 is 1.15 bits per heavy atom. The molecule has 1 aliphatic carbocycles. The third-order valence-corrected chi connectivity index (χ3v) is 5.54. The van der Waals surface area contributed by atoms with Gasteiger partial charge in [0.05, 0.1) is 23.9 Å². The van der Waals surface area contributed by atoms with Crippen LogP contribution in [0.2, 0.25) is 0 Å². The number of aromatic nitrogens is 6. The van der Waals surface area contributed by atoms with E-state index < -0.39 is 0 Å². The van der Waals surface area contributed by atoms with Crippen molar-refractivity contribution in [2.75, 3.05) is 6.54 Å². The fourth-order valence-electron chi connectivity index (χ4n) is 4.20. The van der Waals surface area contributed by atoms with Gasteiger partial charge in [0.2, 0.25) is 5.91 Å². The van der Waals surface area contributed by atoms with Crippen LogP contribution in [0.25, 0.3) is 11.0 Å². The minimum absolute atomic E-state index is 0.0422. The van der Waals surface area contributed by atoms with Gasteiger partial charge in [-0.05, 0) is 40.8 Å². The standard InChI is InChI=1S/C19H25N7O/c27-18(20-10-11-25-14-21-16-6-2-3-7-17(16)25)12-19(8-4-1-5-9-19)13-26-15-22-23-24-26/h2-3,6-7,14-15H,1,4-5,8-13H2,(H,20,27). The molecule has 142 valence electrons. The fourth-order valence-corrected chi connectivity index (χ4v) is 4.20. The van der Waals surface area contributed by atoms with E-state index in [1.54, 1.807) is 11.0 Å². The van der Waals surface area contributed by atoms with Gasteiger partial charge >= 0.3 is 0 Å². The van der Waals surface area contributed by atoms with Gasteiger partial charge in [-0.25, -0.2) is 9.67 Å². The van der Waals surface area contributed by atoms with Crippen LogP contribution >= 0.6 is 0 Å². The number of rotatable bonds is 7. The van der Waals surface area contributed by atoms with Gasteiger partial charge in [-0.15, -0.1) is 5.10 Å². The Hall–Kier alpha value is -2.77. The monoisotopic (exact) mass is 367 g/mol. The summed E-state index contributed by atoms with van der Waals surface area (Å²) >= 11 is 0. The Morgan fingerprint density at radius 3 is 2.81 bits per heavy atom. The van der Waals surface area contributed by atoms with E-state index in [2.05, 4.69) is 30.4 Å². The molecule has 8 heteroatoms. The highest BCUT2D eigenvalue weighted by Crippen LogP contribution is 2.40. The van der Waals surface area contributed by atoms with E-state index in [-0.39, 0.29) is 11.3 Å². The van der Waals surface area contributed by atoms with Gasteiger partial charge in [0.1, 0.15) is 6.33 Å². The van der Waals surface area contributed by atoms with E-state index in [1.165, 1.54) is 6.42 Å². The van der Waals surface area contributed by atoms with Gasteiger partial charge in [0.15, 0.2) is 0 Å². The zero-order valence-corrected chi connectivity index (χ0v) is 15.4. The van der Waals surface area contributed by atoms with Crippen LogP contribution in [0.4, 0.5) is 0 Å². The molecule has 27 heavy (non-hydrogen) atoms. The second-order valence-electron chi connectivity index (χ2n) is 7.52. The van der Waals surface area contributed by atoms with Crippen LogP contribution in [-0.4, -0.2) is 42.2 Å². The fraction of sp³-hybridized carbons (Fsp3) is 0.526. The lowest BCUT2D eigenvalue weighted by atomic mass is 9.71. The second-order valence-corrected chi connectivity index (χ2v) is 7.52. The van der Waals surface area contributed by atoms with Crippen LogP contribution in [0.5, 0.6) is 0 Å². The van der Waals surface area contributed by atoms with Crippen LogP contribution in [0.15, 0.2) is 36.9 Å². The number of tetrazole rings is 1. The molecule has 0 spiro atoms. The Morgan fingerprint density at radius 2 is 2.00 bits per heavy atom. The van der Waals surface area contributed by atoms with Gasteiger partial charge < -0.3 is 9.88 Å². The molecule has 0 radical (unpaired) electrons. The smallest absolute Gasteiger partial charge is 0.220 e. The molecule has 1 aromatic carbocycles. The third-order valence-electron chi connectivity index (χ3n) is 5.54. The van der Waals surface area contributed by atoms with Crippen LogP contribution in [0, 0.1) is 5.41 Å². The molecule has 3 aromatic rings. The number of para-hydroxylation sites is 2. The zero-order chi connectivity index (χ0) is 18.5. The number of hydrogen-bond donors (Lipinski definition) is 1. The number of nitrogens with one attached hydrogen (secondary N) is 1. The predicted octanol–water partition coefficient (Wildman–Crippen LogP) is 2.18. The Labute approximate surface area is 158 Å². The molecule has 2 heterocycles. The first-order chi connectivity index (χ1) is 13.2. The van der Waals surface area contributed by atoms with E-state index in [0.717, 1.165) is 36.7 Å². The molecule has 1 N–H and O–H groups in total. The van der Waals surface area contributed by atoms with Crippen LogP contribution in [0.3, 0.4) is 0 Å². The van der Waals surface area contributed by atoms with Gasteiger partial charge in [-0.1, -0.05) is 31.4 Å². The van der Waals surface area contributed by atoms with Crippen LogP contribution in [-0.2, 0) is 17.9 Å². The number of imidazole rings is 1. The quantitative estimate of drug-likeness (QED) is 0.691. The molecular formula is C19H25N7O. The van der Waals surface area contributed by atoms with Crippen molar-refractivity contribution >= 4 is 16.9 Å². The summed E-state index contributed by atoms with van der Waals surface area (Å²) in [4.78, 5) is 17.0. The number of carbonyl (C=O) groups is 1. The molecule has 2 aromatic heterocycles. The molecule has 0 bridgehead atoms. The van der Waals surface area contributed by atoms with Crippen molar-refractivity contribution in [2.45, 2.75) is 51.6 Å². The van der Waals surface area contributed by atoms with Crippen molar-refractivity contribution in [3.8, 4) is 0 Å². The number of amides is 1.